The molecule has 0 fully saturated rings. The van der Waals surface area contributed by atoms with E-state index in [1.807, 2.05) is 0 Å². The van der Waals surface area contributed by atoms with E-state index in [1.54, 1.807) is 24.3 Å². The molecule has 1 aromatic heterocycles. The van der Waals surface area contributed by atoms with Crippen molar-refractivity contribution in [3.05, 3.63) is 47.8 Å². The second-order valence-corrected chi connectivity index (χ2v) is 4.14. The fraction of sp³-hybridized carbons (Fsp3) is 0. The SMILES string of the molecule is N#Cc1cc(Nc2nc3c(N)cccc3o2)ccc1F. The van der Waals surface area contributed by atoms with Crippen molar-refractivity contribution in [1.29, 1.82) is 5.26 Å². The quantitative estimate of drug-likeness (QED) is 0.697. The summed E-state index contributed by atoms with van der Waals surface area (Å²) in [6.07, 6.45) is 0. The van der Waals surface area contributed by atoms with Gasteiger partial charge in [0.15, 0.2) is 5.58 Å². The lowest BCUT2D eigenvalue weighted by atomic mass is 10.2. The Balaban J connectivity index is 1.97. The zero-order valence-electron chi connectivity index (χ0n) is 10.2. The zero-order valence-corrected chi connectivity index (χ0v) is 10.2. The van der Waals surface area contributed by atoms with Crippen LogP contribution in [-0.2, 0) is 0 Å². The maximum Gasteiger partial charge on any atom is 0.300 e. The summed E-state index contributed by atoms with van der Waals surface area (Å²) in [5.41, 5.74) is 7.86. The molecule has 1 heterocycles. The number of fused-ring (bicyclic) bond motifs is 1. The fourth-order valence-corrected chi connectivity index (χ4v) is 1.84. The molecule has 0 aliphatic rings. The number of nitriles is 1. The van der Waals surface area contributed by atoms with Crippen molar-refractivity contribution in [2.75, 3.05) is 11.1 Å². The predicted octanol–water partition coefficient (Wildman–Crippen LogP) is 3.16. The van der Waals surface area contributed by atoms with E-state index in [4.69, 9.17) is 15.4 Å². The summed E-state index contributed by atoms with van der Waals surface area (Å²) < 4.78 is 18.7. The molecule has 20 heavy (non-hydrogen) atoms. The summed E-state index contributed by atoms with van der Waals surface area (Å²) in [5.74, 6) is -0.570. The minimum absolute atomic E-state index is 0.0503. The van der Waals surface area contributed by atoms with Crippen LogP contribution in [0.2, 0.25) is 0 Å². The zero-order chi connectivity index (χ0) is 14.1. The van der Waals surface area contributed by atoms with E-state index in [0.29, 0.717) is 22.5 Å². The summed E-state index contributed by atoms with van der Waals surface area (Å²) in [6.45, 7) is 0. The van der Waals surface area contributed by atoms with E-state index < -0.39 is 5.82 Å². The number of nitrogens with zero attached hydrogens (tertiary/aromatic N) is 2. The lowest BCUT2D eigenvalue weighted by molar-refractivity contribution is 0.620. The van der Waals surface area contributed by atoms with Gasteiger partial charge in [0.25, 0.3) is 6.01 Å². The van der Waals surface area contributed by atoms with Gasteiger partial charge in [-0.2, -0.15) is 10.2 Å². The Bertz CT molecular complexity index is 835. The van der Waals surface area contributed by atoms with E-state index in [-0.39, 0.29) is 11.6 Å². The van der Waals surface area contributed by atoms with Gasteiger partial charge < -0.3 is 15.5 Å². The Kier molecular flexibility index (Phi) is 2.73. The molecule has 0 unspecified atom stereocenters. The minimum atomic E-state index is -0.570. The van der Waals surface area contributed by atoms with Gasteiger partial charge in [-0.25, -0.2) is 4.39 Å². The standard InChI is InChI=1S/C14H9FN4O/c15-10-5-4-9(6-8(10)7-16)18-14-19-13-11(17)2-1-3-12(13)20-14/h1-6H,17H2,(H,18,19). The van der Waals surface area contributed by atoms with Gasteiger partial charge in [-0.1, -0.05) is 6.07 Å². The number of nitrogen functional groups attached to an aromatic ring is 1. The van der Waals surface area contributed by atoms with Gasteiger partial charge in [-0.15, -0.1) is 0 Å². The number of benzene rings is 2. The molecule has 0 saturated carbocycles. The maximum atomic E-state index is 13.2. The number of oxazole rings is 1. The molecule has 0 spiro atoms. The Morgan fingerprint density at radius 2 is 2.15 bits per heavy atom. The molecule has 98 valence electrons. The Morgan fingerprint density at radius 3 is 2.90 bits per heavy atom. The largest absolute Gasteiger partial charge is 0.423 e. The average Bonchev–Trinajstić information content (AvgIpc) is 2.85. The molecule has 6 heteroatoms. The normalized spacial score (nSPS) is 10.4. The molecule has 3 rings (SSSR count). The Hall–Kier alpha value is -3.07. The van der Waals surface area contributed by atoms with Crippen molar-refractivity contribution in [2.24, 2.45) is 0 Å². The Labute approximate surface area is 113 Å². The van der Waals surface area contributed by atoms with Gasteiger partial charge in [-0.05, 0) is 30.3 Å². The number of nitrogens with one attached hydrogen (secondary N) is 1. The summed E-state index contributed by atoms with van der Waals surface area (Å²) in [4.78, 5) is 4.21. The average molecular weight is 268 g/mol. The van der Waals surface area contributed by atoms with Gasteiger partial charge in [0.05, 0.1) is 11.3 Å². The van der Waals surface area contributed by atoms with Crippen LogP contribution in [0.3, 0.4) is 0 Å². The van der Waals surface area contributed by atoms with E-state index >= 15 is 0 Å². The first-order valence-corrected chi connectivity index (χ1v) is 5.79. The third-order valence-corrected chi connectivity index (χ3v) is 2.79. The number of rotatable bonds is 2. The van der Waals surface area contributed by atoms with Crippen molar-refractivity contribution >= 4 is 28.5 Å². The van der Waals surface area contributed by atoms with E-state index in [0.717, 1.165) is 0 Å². The molecule has 5 nitrogen and oxygen atoms in total. The number of aromatic nitrogens is 1. The molecule has 0 aliphatic carbocycles. The molecule has 0 bridgehead atoms. The number of para-hydroxylation sites is 1. The smallest absolute Gasteiger partial charge is 0.300 e. The summed E-state index contributed by atoms with van der Waals surface area (Å²) in [7, 11) is 0. The summed E-state index contributed by atoms with van der Waals surface area (Å²) in [5, 5.41) is 11.7. The maximum absolute atomic E-state index is 13.2. The highest BCUT2D eigenvalue weighted by atomic mass is 19.1. The van der Waals surface area contributed by atoms with Crippen molar-refractivity contribution in [2.45, 2.75) is 0 Å². The van der Waals surface area contributed by atoms with Crippen molar-refractivity contribution in [3.63, 3.8) is 0 Å². The molecule has 2 aromatic carbocycles. The lowest BCUT2D eigenvalue weighted by Gasteiger charge is -2.01. The van der Waals surface area contributed by atoms with Crippen LogP contribution in [0.4, 0.5) is 21.8 Å². The highest BCUT2D eigenvalue weighted by molar-refractivity contribution is 5.86. The van der Waals surface area contributed by atoms with Gasteiger partial charge in [-0.3, -0.25) is 0 Å². The molecule has 3 N–H and O–H groups in total. The monoisotopic (exact) mass is 268 g/mol. The number of nitrogens with two attached hydrogens (primary N) is 1. The van der Waals surface area contributed by atoms with Crippen LogP contribution in [-0.4, -0.2) is 4.98 Å². The van der Waals surface area contributed by atoms with Gasteiger partial charge in [0.2, 0.25) is 0 Å². The number of halogens is 1. The van der Waals surface area contributed by atoms with Crippen LogP contribution >= 0.6 is 0 Å². The fourth-order valence-electron chi connectivity index (χ4n) is 1.84. The lowest BCUT2D eigenvalue weighted by Crippen LogP contribution is -1.93. The van der Waals surface area contributed by atoms with Gasteiger partial charge in [0.1, 0.15) is 17.4 Å². The molecule has 0 atom stereocenters. The molecular weight excluding hydrogens is 259 g/mol. The van der Waals surface area contributed by atoms with Crippen LogP contribution in [0.15, 0.2) is 40.8 Å². The topological polar surface area (TPSA) is 87.9 Å². The van der Waals surface area contributed by atoms with Crippen LogP contribution in [0.25, 0.3) is 11.1 Å². The van der Waals surface area contributed by atoms with Crippen LogP contribution in [0.1, 0.15) is 5.56 Å². The highest BCUT2D eigenvalue weighted by Crippen LogP contribution is 2.26. The summed E-state index contributed by atoms with van der Waals surface area (Å²) >= 11 is 0. The number of hydrogen-bond donors (Lipinski definition) is 2. The van der Waals surface area contributed by atoms with E-state index in [9.17, 15) is 4.39 Å². The molecule has 3 aromatic rings. The highest BCUT2D eigenvalue weighted by Gasteiger charge is 2.09. The number of anilines is 3. The molecule has 0 radical (unpaired) electrons. The second kappa shape index (κ2) is 4.55. The first kappa shape index (κ1) is 12.0. The number of hydrogen-bond acceptors (Lipinski definition) is 5. The molecular formula is C14H9FN4O. The van der Waals surface area contributed by atoms with Gasteiger partial charge >= 0.3 is 0 Å². The Morgan fingerprint density at radius 1 is 1.30 bits per heavy atom. The minimum Gasteiger partial charge on any atom is -0.423 e. The summed E-state index contributed by atoms with van der Waals surface area (Å²) in [6, 6.07) is 11.3. The van der Waals surface area contributed by atoms with Crippen molar-refractivity contribution < 1.29 is 8.81 Å². The van der Waals surface area contributed by atoms with Crippen molar-refractivity contribution in [1.82, 2.24) is 4.98 Å². The third-order valence-electron chi connectivity index (χ3n) is 2.79. The van der Waals surface area contributed by atoms with Crippen molar-refractivity contribution in [3.8, 4) is 6.07 Å². The van der Waals surface area contributed by atoms with Gasteiger partial charge in [0, 0.05) is 5.69 Å². The van der Waals surface area contributed by atoms with Crippen LogP contribution in [0, 0.1) is 17.1 Å². The molecule has 0 saturated heterocycles. The first-order valence-electron chi connectivity index (χ1n) is 5.79. The third kappa shape index (κ3) is 2.01. The first-order chi connectivity index (χ1) is 9.67. The predicted molar refractivity (Wildman–Crippen MR) is 72.8 cm³/mol. The van der Waals surface area contributed by atoms with E-state index in [1.165, 1.54) is 18.2 Å². The molecule has 0 amide bonds. The second-order valence-electron chi connectivity index (χ2n) is 4.14. The van der Waals surface area contributed by atoms with Crippen LogP contribution in [0.5, 0.6) is 0 Å². The molecule has 0 aliphatic heterocycles. The van der Waals surface area contributed by atoms with Crippen LogP contribution < -0.4 is 11.1 Å². The van der Waals surface area contributed by atoms with E-state index in [2.05, 4.69) is 10.3 Å².